The van der Waals surface area contributed by atoms with Gasteiger partial charge in [-0.25, -0.2) is 0 Å². The van der Waals surface area contributed by atoms with Crippen LogP contribution >= 0.6 is 11.6 Å². The minimum Gasteiger partial charge on any atom is -0.492 e. The van der Waals surface area contributed by atoms with Crippen molar-refractivity contribution in [1.29, 1.82) is 0 Å². The number of hydrogen-bond acceptors (Lipinski definition) is 2. The maximum Gasteiger partial charge on any atom is 0.137 e. The van der Waals surface area contributed by atoms with Gasteiger partial charge in [0, 0.05) is 7.11 Å². The fraction of sp³-hybridized carbons (Fsp3) is 0.400. The molecule has 72 valence electrons. The van der Waals surface area contributed by atoms with Crippen LogP contribution in [0.4, 0.5) is 0 Å². The van der Waals surface area contributed by atoms with Crippen molar-refractivity contribution in [3.05, 3.63) is 28.8 Å². The summed E-state index contributed by atoms with van der Waals surface area (Å²) in [5.41, 5.74) is 1.05. The summed E-state index contributed by atoms with van der Waals surface area (Å²) >= 11 is 5.96. The molecule has 1 aromatic rings. The van der Waals surface area contributed by atoms with E-state index in [1.165, 1.54) is 0 Å². The molecule has 2 nitrogen and oxygen atoms in total. The van der Waals surface area contributed by atoms with Gasteiger partial charge in [-0.1, -0.05) is 17.7 Å². The van der Waals surface area contributed by atoms with Crippen LogP contribution in [0.15, 0.2) is 18.2 Å². The van der Waals surface area contributed by atoms with Crippen molar-refractivity contribution in [1.82, 2.24) is 0 Å². The van der Waals surface area contributed by atoms with Gasteiger partial charge in [0.1, 0.15) is 5.75 Å². The molecule has 1 rings (SSSR count). The lowest BCUT2D eigenvalue weighted by atomic mass is 10.2. The largest absolute Gasteiger partial charge is 0.492 e. The fourth-order valence-electron chi connectivity index (χ4n) is 1.07. The molecule has 0 bridgehead atoms. The summed E-state index contributed by atoms with van der Waals surface area (Å²) in [7, 11) is 1.66. The second-order valence-corrected chi connectivity index (χ2v) is 3.04. The van der Waals surface area contributed by atoms with Gasteiger partial charge in [-0.3, -0.25) is 0 Å². The molecule has 0 spiro atoms. The van der Waals surface area contributed by atoms with E-state index in [4.69, 9.17) is 21.1 Å². The van der Waals surface area contributed by atoms with Crippen LogP contribution in [0, 0.1) is 0 Å². The van der Waals surface area contributed by atoms with Gasteiger partial charge in [0.25, 0.3) is 0 Å². The third kappa shape index (κ3) is 2.90. The third-order valence-corrected chi connectivity index (χ3v) is 1.90. The zero-order valence-corrected chi connectivity index (χ0v) is 8.60. The Bertz CT molecular complexity index is 274. The summed E-state index contributed by atoms with van der Waals surface area (Å²) in [6.45, 7) is 3.13. The molecule has 0 fully saturated rings. The Morgan fingerprint density at radius 2 is 2.15 bits per heavy atom. The van der Waals surface area contributed by atoms with Gasteiger partial charge < -0.3 is 9.47 Å². The lowest BCUT2D eigenvalue weighted by Crippen LogP contribution is -1.93. The molecule has 0 N–H and O–H groups in total. The van der Waals surface area contributed by atoms with Crippen LogP contribution in [-0.2, 0) is 11.3 Å². The summed E-state index contributed by atoms with van der Waals surface area (Å²) in [6, 6.07) is 5.66. The predicted octanol–water partition coefficient (Wildman–Crippen LogP) is 2.89. The van der Waals surface area contributed by atoms with E-state index in [1.54, 1.807) is 7.11 Å². The van der Waals surface area contributed by atoms with E-state index in [0.717, 1.165) is 11.3 Å². The Labute approximate surface area is 83.4 Å². The molecule has 0 amide bonds. The standard InChI is InChI=1S/C10H13ClO2/c1-3-13-10-5-4-8(7-12-2)6-9(10)11/h4-6H,3,7H2,1-2H3. The number of benzene rings is 1. The summed E-state index contributed by atoms with van der Waals surface area (Å²) in [5, 5.41) is 0.636. The van der Waals surface area contributed by atoms with Crippen molar-refractivity contribution in [2.75, 3.05) is 13.7 Å². The molecule has 0 aromatic heterocycles. The molecule has 0 atom stereocenters. The van der Waals surface area contributed by atoms with E-state index in [-0.39, 0.29) is 0 Å². The lowest BCUT2D eigenvalue weighted by molar-refractivity contribution is 0.185. The van der Waals surface area contributed by atoms with Gasteiger partial charge in [0.2, 0.25) is 0 Å². The monoisotopic (exact) mass is 200 g/mol. The highest BCUT2D eigenvalue weighted by Crippen LogP contribution is 2.25. The number of methoxy groups -OCH3 is 1. The summed E-state index contributed by atoms with van der Waals surface area (Å²) in [4.78, 5) is 0. The second-order valence-electron chi connectivity index (χ2n) is 2.63. The molecule has 0 aliphatic heterocycles. The van der Waals surface area contributed by atoms with Gasteiger partial charge >= 0.3 is 0 Å². The molecule has 1 aromatic carbocycles. The van der Waals surface area contributed by atoms with Crippen molar-refractivity contribution in [2.24, 2.45) is 0 Å². The first kappa shape index (κ1) is 10.4. The fourth-order valence-corrected chi connectivity index (χ4v) is 1.33. The van der Waals surface area contributed by atoms with Gasteiger partial charge in [-0.05, 0) is 24.6 Å². The van der Waals surface area contributed by atoms with E-state index >= 15 is 0 Å². The molecule has 0 saturated heterocycles. The minimum atomic E-state index is 0.576. The molecule has 3 heteroatoms. The van der Waals surface area contributed by atoms with E-state index in [0.29, 0.717) is 18.2 Å². The number of hydrogen-bond donors (Lipinski definition) is 0. The quantitative estimate of drug-likeness (QED) is 0.744. The molecule has 0 heterocycles. The molecule has 0 unspecified atom stereocenters. The topological polar surface area (TPSA) is 18.5 Å². The smallest absolute Gasteiger partial charge is 0.137 e. The minimum absolute atomic E-state index is 0.576. The van der Waals surface area contributed by atoms with Crippen LogP contribution in [0.2, 0.25) is 5.02 Å². The second kappa shape index (κ2) is 5.10. The van der Waals surface area contributed by atoms with Crippen LogP contribution in [0.3, 0.4) is 0 Å². The van der Waals surface area contributed by atoms with E-state index in [1.807, 2.05) is 25.1 Å². The molecular formula is C10H13ClO2. The average molecular weight is 201 g/mol. The van der Waals surface area contributed by atoms with E-state index < -0.39 is 0 Å². The first-order valence-electron chi connectivity index (χ1n) is 4.18. The Balaban J connectivity index is 2.79. The van der Waals surface area contributed by atoms with Crippen LogP contribution < -0.4 is 4.74 Å². The van der Waals surface area contributed by atoms with Crippen molar-refractivity contribution in [3.8, 4) is 5.75 Å². The summed E-state index contributed by atoms with van der Waals surface area (Å²) < 4.78 is 10.3. The van der Waals surface area contributed by atoms with Gasteiger partial charge in [0.15, 0.2) is 0 Å². The molecule has 0 aliphatic carbocycles. The highest BCUT2D eigenvalue weighted by atomic mass is 35.5. The Hall–Kier alpha value is -0.730. The Kier molecular flexibility index (Phi) is 4.06. The maximum absolute atomic E-state index is 5.96. The summed E-state index contributed by atoms with van der Waals surface area (Å²) in [6.07, 6.45) is 0. The number of ether oxygens (including phenoxy) is 2. The van der Waals surface area contributed by atoms with Crippen molar-refractivity contribution < 1.29 is 9.47 Å². The van der Waals surface area contributed by atoms with E-state index in [9.17, 15) is 0 Å². The zero-order chi connectivity index (χ0) is 9.68. The molecule has 13 heavy (non-hydrogen) atoms. The average Bonchev–Trinajstić information content (AvgIpc) is 2.10. The first-order valence-corrected chi connectivity index (χ1v) is 4.56. The van der Waals surface area contributed by atoms with Crippen molar-refractivity contribution in [2.45, 2.75) is 13.5 Å². The predicted molar refractivity (Wildman–Crippen MR) is 53.3 cm³/mol. The third-order valence-electron chi connectivity index (χ3n) is 1.61. The number of halogens is 1. The van der Waals surface area contributed by atoms with Crippen LogP contribution in [0.5, 0.6) is 5.75 Å². The van der Waals surface area contributed by atoms with Crippen molar-refractivity contribution >= 4 is 11.6 Å². The number of rotatable bonds is 4. The highest BCUT2D eigenvalue weighted by molar-refractivity contribution is 6.32. The highest BCUT2D eigenvalue weighted by Gasteiger charge is 2.01. The molecule has 0 saturated carbocycles. The van der Waals surface area contributed by atoms with Crippen LogP contribution in [0.25, 0.3) is 0 Å². The SMILES string of the molecule is CCOc1ccc(COC)cc1Cl. The van der Waals surface area contributed by atoms with Crippen LogP contribution in [-0.4, -0.2) is 13.7 Å². The maximum atomic E-state index is 5.96. The van der Waals surface area contributed by atoms with Gasteiger partial charge in [-0.2, -0.15) is 0 Å². The molecule has 0 aliphatic rings. The normalized spacial score (nSPS) is 10.1. The lowest BCUT2D eigenvalue weighted by Gasteiger charge is -2.06. The zero-order valence-electron chi connectivity index (χ0n) is 7.84. The van der Waals surface area contributed by atoms with Gasteiger partial charge in [-0.15, -0.1) is 0 Å². The Morgan fingerprint density at radius 1 is 1.38 bits per heavy atom. The van der Waals surface area contributed by atoms with Crippen LogP contribution in [0.1, 0.15) is 12.5 Å². The first-order chi connectivity index (χ1) is 6.27. The summed E-state index contributed by atoms with van der Waals surface area (Å²) in [5.74, 6) is 0.726. The molecular weight excluding hydrogens is 188 g/mol. The van der Waals surface area contributed by atoms with Crippen molar-refractivity contribution in [3.63, 3.8) is 0 Å². The Morgan fingerprint density at radius 3 is 2.69 bits per heavy atom. The van der Waals surface area contributed by atoms with E-state index in [2.05, 4.69) is 0 Å². The van der Waals surface area contributed by atoms with Gasteiger partial charge in [0.05, 0.1) is 18.2 Å². The molecule has 0 radical (unpaired) electrons.